The molecule has 3 nitrogen and oxygen atoms in total. The molecule has 0 unspecified atom stereocenters. The lowest BCUT2D eigenvalue weighted by molar-refractivity contribution is 0.630. The number of aromatic amines is 1. The zero-order valence-electron chi connectivity index (χ0n) is 10.5. The number of hydrogen-bond acceptors (Lipinski definition) is 2. The van der Waals surface area contributed by atoms with Gasteiger partial charge in [0.25, 0.3) is 5.56 Å². The number of nitrogens with one attached hydrogen (secondary N) is 1. The first-order valence-corrected chi connectivity index (χ1v) is 5.97. The Bertz CT molecular complexity index is 619. The molecule has 1 aromatic heterocycles. The maximum Gasteiger partial charge on any atom is 0.251 e. The van der Waals surface area contributed by atoms with Gasteiger partial charge in [0.15, 0.2) is 0 Å². The first-order valence-electron chi connectivity index (χ1n) is 5.97. The molecule has 0 radical (unpaired) electrons. The van der Waals surface area contributed by atoms with Gasteiger partial charge in [-0.2, -0.15) is 0 Å². The second kappa shape index (κ2) is 5.12. The number of H-pyrrole nitrogens is 1. The van der Waals surface area contributed by atoms with E-state index in [1.165, 1.54) is 12.1 Å². The number of aromatic nitrogens is 2. The minimum absolute atomic E-state index is 0.246. The van der Waals surface area contributed by atoms with Crippen LogP contribution >= 0.6 is 0 Å². The summed E-state index contributed by atoms with van der Waals surface area (Å²) in [6.45, 7) is 3.88. The fourth-order valence-corrected chi connectivity index (χ4v) is 1.84. The number of nitrogens with zero attached hydrogens (tertiary/aromatic N) is 1. The quantitative estimate of drug-likeness (QED) is 0.905. The lowest BCUT2D eigenvalue weighted by atomic mass is 10.1. The van der Waals surface area contributed by atoms with E-state index < -0.39 is 0 Å². The van der Waals surface area contributed by atoms with Crippen LogP contribution in [0.4, 0.5) is 4.39 Å². The van der Waals surface area contributed by atoms with E-state index in [4.69, 9.17) is 0 Å². The Morgan fingerprint density at radius 1 is 1.33 bits per heavy atom. The molecular formula is C14H15FN2O. The van der Waals surface area contributed by atoms with Crippen molar-refractivity contribution in [2.24, 2.45) is 0 Å². The van der Waals surface area contributed by atoms with Crippen LogP contribution in [0.2, 0.25) is 0 Å². The molecule has 0 spiro atoms. The first kappa shape index (κ1) is 12.5. The topological polar surface area (TPSA) is 45.8 Å². The zero-order valence-corrected chi connectivity index (χ0v) is 10.5. The van der Waals surface area contributed by atoms with Crippen molar-refractivity contribution in [2.75, 3.05) is 0 Å². The number of halogens is 1. The molecule has 1 N–H and O–H groups in total. The second-order valence-electron chi connectivity index (χ2n) is 4.31. The molecule has 1 aromatic carbocycles. The number of aryl methyl sites for hydroxylation is 2. The van der Waals surface area contributed by atoms with Gasteiger partial charge in [-0.25, -0.2) is 9.37 Å². The average molecular weight is 246 g/mol. The summed E-state index contributed by atoms with van der Waals surface area (Å²) in [5, 5.41) is 0. The fraction of sp³-hybridized carbons (Fsp3) is 0.286. The monoisotopic (exact) mass is 246 g/mol. The summed E-state index contributed by atoms with van der Waals surface area (Å²) >= 11 is 0. The molecule has 0 aliphatic heterocycles. The minimum Gasteiger partial charge on any atom is -0.311 e. The van der Waals surface area contributed by atoms with Gasteiger partial charge in [0.2, 0.25) is 0 Å². The second-order valence-corrected chi connectivity index (χ2v) is 4.31. The molecule has 0 amide bonds. The van der Waals surface area contributed by atoms with Gasteiger partial charge in [-0.05, 0) is 25.5 Å². The summed E-state index contributed by atoms with van der Waals surface area (Å²) in [6, 6.07) is 6.12. The van der Waals surface area contributed by atoms with Crippen LogP contribution in [0.3, 0.4) is 0 Å². The number of hydrogen-bond donors (Lipinski definition) is 1. The fourth-order valence-electron chi connectivity index (χ4n) is 1.84. The third-order valence-corrected chi connectivity index (χ3v) is 2.68. The van der Waals surface area contributed by atoms with Crippen molar-refractivity contribution >= 4 is 0 Å². The van der Waals surface area contributed by atoms with E-state index in [2.05, 4.69) is 9.97 Å². The van der Waals surface area contributed by atoms with E-state index in [9.17, 15) is 9.18 Å². The van der Waals surface area contributed by atoms with E-state index in [1.54, 1.807) is 12.1 Å². The van der Waals surface area contributed by atoms with E-state index in [0.29, 0.717) is 23.5 Å². The molecule has 0 saturated carbocycles. The molecule has 18 heavy (non-hydrogen) atoms. The van der Waals surface area contributed by atoms with Gasteiger partial charge < -0.3 is 4.98 Å². The van der Waals surface area contributed by atoms with Crippen molar-refractivity contribution in [3.8, 4) is 11.3 Å². The Kier molecular flexibility index (Phi) is 3.55. The highest BCUT2D eigenvalue weighted by atomic mass is 19.1. The Balaban J connectivity index is 2.56. The van der Waals surface area contributed by atoms with Crippen LogP contribution in [0, 0.1) is 12.7 Å². The zero-order chi connectivity index (χ0) is 13.1. The lowest BCUT2D eigenvalue weighted by Gasteiger charge is -2.06. The molecule has 0 aliphatic carbocycles. The predicted octanol–water partition coefficient (Wildman–Crippen LogP) is 2.84. The summed E-state index contributed by atoms with van der Waals surface area (Å²) < 4.78 is 13.8. The Morgan fingerprint density at radius 3 is 2.83 bits per heavy atom. The van der Waals surface area contributed by atoms with Gasteiger partial charge >= 0.3 is 0 Å². The van der Waals surface area contributed by atoms with Crippen LogP contribution < -0.4 is 5.56 Å². The van der Waals surface area contributed by atoms with Crippen LogP contribution in [0.1, 0.15) is 24.7 Å². The smallest absolute Gasteiger partial charge is 0.251 e. The maximum atomic E-state index is 13.8. The van der Waals surface area contributed by atoms with Gasteiger partial charge in [0, 0.05) is 18.1 Å². The van der Waals surface area contributed by atoms with Gasteiger partial charge in [-0.15, -0.1) is 0 Å². The Morgan fingerprint density at radius 2 is 2.11 bits per heavy atom. The molecule has 0 aliphatic rings. The maximum absolute atomic E-state index is 13.8. The third kappa shape index (κ3) is 2.64. The summed E-state index contributed by atoms with van der Waals surface area (Å²) in [4.78, 5) is 18.5. The van der Waals surface area contributed by atoms with Crippen molar-refractivity contribution in [3.63, 3.8) is 0 Å². The van der Waals surface area contributed by atoms with E-state index in [-0.39, 0.29) is 11.4 Å². The van der Waals surface area contributed by atoms with E-state index in [0.717, 1.165) is 12.0 Å². The van der Waals surface area contributed by atoms with Gasteiger partial charge in [0.1, 0.15) is 11.6 Å². The predicted molar refractivity (Wildman–Crippen MR) is 69.0 cm³/mol. The third-order valence-electron chi connectivity index (χ3n) is 2.68. The summed E-state index contributed by atoms with van der Waals surface area (Å²) in [5.41, 5.74) is 1.46. The Hall–Kier alpha value is -1.97. The first-order chi connectivity index (χ1) is 8.60. The van der Waals surface area contributed by atoms with Crippen LogP contribution in [0.15, 0.2) is 29.1 Å². The van der Waals surface area contributed by atoms with Gasteiger partial charge in [0.05, 0.1) is 5.69 Å². The van der Waals surface area contributed by atoms with Crippen molar-refractivity contribution in [1.29, 1.82) is 0 Å². The Labute approximate surface area is 105 Å². The molecule has 0 bridgehead atoms. The molecule has 94 valence electrons. The average Bonchev–Trinajstić information content (AvgIpc) is 2.32. The summed E-state index contributed by atoms with van der Waals surface area (Å²) in [5.74, 6) is 0.238. The van der Waals surface area contributed by atoms with E-state index in [1.807, 2.05) is 13.8 Å². The molecule has 0 saturated heterocycles. The summed E-state index contributed by atoms with van der Waals surface area (Å²) in [7, 11) is 0. The lowest BCUT2D eigenvalue weighted by Crippen LogP contribution is -2.11. The van der Waals surface area contributed by atoms with Crippen molar-refractivity contribution < 1.29 is 4.39 Å². The molecule has 4 heteroatoms. The van der Waals surface area contributed by atoms with Crippen molar-refractivity contribution in [2.45, 2.75) is 26.7 Å². The summed E-state index contributed by atoms with van der Waals surface area (Å²) in [6.07, 6.45) is 1.55. The van der Waals surface area contributed by atoms with E-state index >= 15 is 0 Å². The standard InChI is InChI=1S/C14H15FN2O/c1-3-4-13-16-12(8-14(18)17-13)10-7-9(2)5-6-11(10)15/h5-8H,3-4H2,1-2H3,(H,16,17,18). The molecule has 0 atom stereocenters. The van der Waals surface area contributed by atoms with Crippen molar-refractivity contribution in [1.82, 2.24) is 9.97 Å². The van der Waals surface area contributed by atoms with Crippen LogP contribution in [0.25, 0.3) is 11.3 Å². The normalized spacial score (nSPS) is 10.6. The molecule has 2 rings (SSSR count). The molecule has 1 heterocycles. The van der Waals surface area contributed by atoms with Gasteiger partial charge in [-0.1, -0.05) is 18.6 Å². The van der Waals surface area contributed by atoms with Crippen LogP contribution in [0.5, 0.6) is 0 Å². The van der Waals surface area contributed by atoms with Crippen LogP contribution in [-0.2, 0) is 6.42 Å². The minimum atomic E-state index is -0.360. The molecule has 0 fully saturated rings. The molecular weight excluding hydrogens is 231 g/mol. The highest BCUT2D eigenvalue weighted by molar-refractivity contribution is 5.60. The number of rotatable bonds is 3. The van der Waals surface area contributed by atoms with Gasteiger partial charge in [-0.3, -0.25) is 4.79 Å². The largest absolute Gasteiger partial charge is 0.311 e. The highest BCUT2D eigenvalue weighted by Gasteiger charge is 2.09. The number of benzene rings is 1. The molecule has 2 aromatic rings. The van der Waals surface area contributed by atoms with Crippen molar-refractivity contribution in [3.05, 3.63) is 51.8 Å². The van der Waals surface area contributed by atoms with Crippen LogP contribution in [-0.4, -0.2) is 9.97 Å². The SMILES string of the molecule is CCCc1nc(-c2cc(C)ccc2F)cc(=O)[nH]1. The highest BCUT2D eigenvalue weighted by Crippen LogP contribution is 2.21.